The Labute approximate surface area is 145 Å². The number of nitrogens with one attached hydrogen (secondary N) is 1. The summed E-state index contributed by atoms with van der Waals surface area (Å²) in [7, 11) is 3.15. The van der Waals surface area contributed by atoms with Crippen LogP contribution in [0.4, 0.5) is 0 Å². The third kappa shape index (κ3) is 3.25. The minimum absolute atomic E-state index is 0.0486. The second kappa shape index (κ2) is 6.83. The monoisotopic (exact) mass is 349 g/mol. The Bertz CT molecular complexity index is 819. The van der Waals surface area contributed by atoms with E-state index in [-0.39, 0.29) is 5.56 Å². The second-order valence-electron chi connectivity index (χ2n) is 5.85. The van der Waals surface area contributed by atoms with E-state index in [0.717, 1.165) is 29.8 Å². The average molecular weight is 350 g/mol. The molecule has 1 aliphatic rings. The van der Waals surface area contributed by atoms with E-state index < -0.39 is 0 Å². The molecule has 1 N–H and O–H groups in total. The van der Waals surface area contributed by atoms with E-state index in [1.165, 1.54) is 0 Å². The molecule has 6 nitrogen and oxygen atoms in total. The average Bonchev–Trinajstić information content (AvgIpc) is 2.54. The highest BCUT2D eigenvalue weighted by atomic mass is 35.5. The molecule has 3 rings (SSSR count). The molecule has 0 aliphatic carbocycles. The first-order valence-corrected chi connectivity index (χ1v) is 8.11. The Morgan fingerprint density at radius 2 is 2.12 bits per heavy atom. The number of nitrogens with zero attached hydrogens (tertiary/aromatic N) is 2. The minimum Gasteiger partial charge on any atom is -0.493 e. The third-order valence-corrected chi connectivity index (χ3v) is 4.45. The zero-order valence-electron chi connectivity index (χ0n) is 14.0. The normalized spacial score (nSPS) is 14.3. The van der Waals surface area contributed by atoms with Crippen molar-refractivity contribution in [2.24, 2.45) is 0 Å². The van der Waals surface area contributed by atoms with Gasteiger partial charge in [-0.2, -0.15) is 0 Å². The molecule has 0 saturated carbocycles. The van der Waals surface area contributed by atoms with Gasteiger partial charge in [0.1, 0.15) is 5.82 Å². The van der Waals surface area contributed by atoms with Crippen LogP contribution in [0.5, 0.6) is 11.5 Å². The van der Waals surface area contributed by atoms with E-state index in [9.17, 15) is 4.79 Å². The van der Waals surface area contributed by atoms with Crippen LogP contribution in [0.2, 0.25) is 5.02 Å². The van der Waals surface area contributed by atoms with Crippen LogP contribution >= 0.6 is 11.6 Å². The van der Waals surface area contributed by atoms with Crippen molar-refractivity contribution in [2.75, 3.05) is 20.8 Å². The van der Waals surface area contributed by atoms with Gasteiger partial charge in [0.15, 0.2) is 11.5 Å². The van der Waals surface area contributed by atoms with Crippen molar-refractivity contribution in [3.8, 4) is 11.5 Å². The Hall–Kier alpha value is -2.05. The smallest absolute Gasteiger partial charge is 0.255 e. The summed E-state index contributed by atoms with van der Waals surface area (Å²) in [4.78, 5) is 21.6. The number of benzene rings is 1. The Kier molecular flexibility index (Phi) is 4.78. The molecule has 0 saturated heterocycles. The topological polar surface area (TPSA) is 67.5 Å². The Balaban J connectivity index is 1.83. The van der Waals surface area contributed by atoms with Gasteiger partial charge in [0.25, 0.3) is 5.56 Å². The van der Waals surface area contributed by atoms with Gasteiger partial charge in [0.2, 0.25) is 0 Å². The van der Waals surface area contributed by atoms with Gasteiger partial charge in [0, 0.05) is 26.1 Å². The van der Waals surface area contributed by atoms with Crippen molar-refractivity contribution in [3.63, 3.8) is 0 Å². The molecule has 0 bridgehead atoms. The molecule has 1 aromatic carbocycles. The number of hydrogen-bond acceptors (Lipinski definition) is 5. The minimum atomic E-state index is -0.0486. The van der Waals surface area contributed by atoms with Crippen molar-refractivity contribution in [3.05, 3.63) is 50.2 Å². The fraction of sp³-hybridized carbons (Fsp3) is 0.412. The van der Waals surface area contributed by atoms with Crippen LogP contribution in [0, 0.1) is 6.92 Å². The highest BCUT2D eigenvalue weighted by molar-refractivity contribution is 6.32. The lowest BCUT2D eigenvalue weighted by Gasteiger charge is -2.28. The van der Waals surface area contributed by atoms with Gasteiger partial charge >= 0.3 is 0 Å². The van der Waals surface area contributed by atoms with E-state index in [1.54, 1.807) is 21.1 Å². The van der Waals surface area contributed by atoms with Crippen molar-refractivity contribution in [1.82, 2.24) is 14.9 Å². The molecule has 1 aliphatic heterocycles. The molecule has 24 heavy (non-hydrogen) atoms. The number of fused-ring (bicyclic) bond motifs is 1. The number of methoxy groups -OCH3 is 2. The van der Waals surface area contributed by atoms with Crippen LogP contribution < -0.4 is 15.0 Å². The molecule has 7 heteroatoms. The van der Waals surface area contributed by atoms with Crippen LogP contribution in [-0.4, -0.2) is 35.6 Å². The molecule has 0 unspecified atom stereocenters. The molecule has 2 heterocycles. The maximum atomic E-state index is 12.1. The summed E-state index contributed by atoms with van der Waals surface area (Å²) in [5.74, 6) is 1.80. The standard InChI is InChI=1S/C17H20ClN3O3/c1-10-19-14-4-5-21(9-12(14)17(22)20-10)8-11-6-13(18)16(24-3)15(7-11)23-2/h6-7H,4-5,8-9H2,1-3H3,(H,19,20,22). The summed E-state index contributed by atoms with van der Waals surface area (Å²) in [5.41, 5.74) is 2.61. The number of aryl methyl sites for hydroxylation is 1. The van der Waals surface area contributed by atoms with E-state index in [4.69, 9.17) is 21.1 Å². The molecule has 128 valence electrons. The second-order valence-corrected chi connectivity index (χ2v) is 6.26. The number of aromatic nitrogens is 2. The van der Waals surface area contributed by atoms with Crippen LogP contribution in [0.3, 0.4) is 0 Å². The number of H-pyrrole nitrogens is 1. The van der Waals surface area contributed by atoms with Crippen LogP contribution in [0.1, 0.15) is 22.6 Å². The molecule has 1 aromatic heterocycles. The largest absolute Gasteiger partial charge is 0.493 e. The molecule has 0 fully saturated rings. The van der Waals surface area contributed by atoms with Gasteiger partial charge in [0.05, 0.1) is 30.5 Å². The zero-order chi connectivity index (χ0) is 17.3. The number of ether oxygens (including phenoxy) is 2. The van der Waals surface area contributed by atoms with Crippen LogP contribution in [0.25, 0.3) is 0 Å². The fourth-order valence-electron chi connectivity index (χ4n) is 3.06. The summed E-state index contributed by atoms with van der Waals surface area (Å²) in [6, 6.07) is 3.79. The molecular formula is C17H20ClN3O3. The van der Waals surface area contributed by atoms with Gasteiger partial charge in [-0.3, -0.25) is 9.69 Å². The quantitative estimate of drug-likeness (QED) is 0.917. The van der Waals surface area contributed by atoms with Gasteiger partial charge in [-0.05, 0) is 24.6 Å². The summed E-state index contributed by atoms with van der Waals surface area (Å²) in [5, 5.41) is 0.513. The summed E-state index contributed by atoms with van der Waals surface area (Å²) in [6.45, 7) is 3.89. The lowest BCUT2D eigenvalue weighted by atomic mass is 10.1. The SMILES string of the molecule is COc1cc(CN2CCc3nc(C)[nH]c(=O)c3C2)cc(Cl)c1OC. The molecule has 0 radical (unpaired) electrons. The Morgan fingerprint density at radius 3 is 2.83 bits per heavy atom. The van der Waals surface area contributed by atoms with E-state index in [1.807, 2.05) is 12.1 Å². The van der Waals surface area contributed by atoms with E-state index >= 15 is 0 Å². The number of halogens is 1. The zero-order valence-corrected chi connectivity index (χ0v) is 14.7. The molecule has 0 spiro atoms. The highest BCUT2D eigenvalue weighted by Gasteiger charge is 2.21. The fourth-order valence-corrected chi connectivity index (χ4v) is 3.37. The van der Waals surface area contributed by atoms with Crippen molar-refractivity contribution in [2.45, 2.75) is 26.4 Å². The first kappa shape index (κ1) is 16.8. The maximum Gasteiger partial charge on any atom is 0.255 e. The predicted molar refractivity (Wildman–Crippen MR) is 92.0 cm³/mol. The van der Waals surface area contributed by atoms with Gasteiger partial charge in [-0.25, -0.2) is 4.98 Å². The number of aromatic amines is 1. The van der Waals surface area contributed by atoms with Crippen molar-refractivity contribution in [1.29, 1.82) is 0 Å². The van der Waals surface area contributed by atoms with Crippen LogP contribution in [0.15, 0.2) is 16.9 Å². The first-order chi connectivity index (χ1) is 11.5. The van der Waals surface area contributed by atoms with Gasteiger partial charge in [-0.1, -0.05) is 11.6 Å². The number of hydrogen-bond donors (Lipinski definition) is 1. The summed E-state index contributed by atoms with van der Waals surface area (Å²) in [6.07, 6.45) is 0.765. The molecule has 0 amide bonds. The van der Waals surface area contributed by atoms with Crippen LogP contribution in [-0.2, 0) is 19.5 Å². The summed E-state index contributed by atoms with van der Waals surface area (Å²) < 4.78 is 10.6. The molecule has 2 aromatic rings. The van der Waals surface area contributed by atoms with E-state index in [2.05, 4.69) is 14.9 Å². The summed E-state index contributed by atoms with van der Waals surface area (Å²) >= 11 is 6.27. The van der Waals surface area contributed by atoms with Crippen molar-refractivity contribution < 1.29 is 9.47 Å². The molecule has 0 atom stereocenters. The van der Waals surface area contributed by atoms with Crippen molar-refractivity contribution >= 4 is 11.6 Å². The van der Waals surface area contributed by atoms with Gasteiger partial charge < -0.3 is 14.5 Å². The molecular weight excluding hydrogens is 330 g/mol. The van der Waals surface area contributed by atoms with E-state index in [0.29, 0.717) is 35.4 Å². The lowest BCUT2D eigenvalue weighted by molar-refractivity contribution is 0.241. The first-order valence-electron chi connectivity index (χ1n) is 7.73. The maximum absolute atomic E-state index is 12.1. The predicted octanol–water partition coefficient (Wildman–Crippen LogP) is 2.31. The third-order valence-electron chi connectivity index (χ3n) is 4.17. The Morgan fingerprint density at radius 1 is 1.33 bits per heavy atom. The van der Waals surface area contributed by atoms with Gasteiger partial charge in [-0.15, -0.1) is 0 Å². The lowest BCUT2D eigenvalue weighted by Crippen LogP contribution is -2.35. The number of rotatable bonds is 4. The highest BCUT2D eigenvalue weighted by Crippen LogP contribution is 2.36.